The Morgan fingerprint density at radius 3 is 2.50 bits per heavy atom. The predicted molar refractivity (Wildman–Crippen MR) is 104 cm³/mol. The highest BCUT2D eigenvalue weighted by Gasteiger charge is 2.32. The first-order valence-electron chi connectivity index (χ1n) is 9.14. The quantitative estimate of drug-likeness (QED) is 0.821. The van der Waals surface area contributed by atoms with Crippen molar-refractivity contribution < 1.29 is 8.42 Å². The Morgan fingerprint density at radius 2 is 1.85 bits per heavy atom. The van der Waals surface area contributed by atoms with Gasteiger partial charge in [0.2, 0.25) is 5.95 Å². The van der Waals surface area contributed by atoms with Gasteiger partial charge in [0.05, 0.1) is 17.2 Å². The molecule has 26 heavy (non-hydrogen) atoms. The van der Waals surface area contributed by atoms with Crippen LogP contribution in [0.25, 0.3) is 11.3 Å². The highest BCUT2D eigenvalue weighted by molar-refractivity contribution is 7.91. The van der Waals surface area contributed by atoms with E-state index < -0.39 is 9.84 Å². The molecule has 0 bridgehead atoms. The smallest absolute Gasteiger partial charge is 0.227 e. The van der Waals surface area contributed by atoms with Gasteiger partial charge in [-0.1, -0.05) is 30.3 Å². The molecule has 2 aromatic rings. The van der Waals surface area contributed by atoms with Gasteiger partial charge in [0.25, 0.3) is 0 Å². The van der Waals surface area contributed by atoms with Crippen molar-refractivity contribution in [1.82, 2.24) is 9.97 Å². The first-order chi connectivity index (χ1) is 12.5. The van der Waals surface area contributed by atoms with Crippen LogP contribution in [0.5, 0.6) is 0 Å². The average molecular weight is 372 g/mol. The summed E-state index contributed by atoms with van der Waals surface area (Å²) in [6.45, 7) is 1.94. The van der Waals surface area contributed by atoms with Crippen LogP contribution in [0, 0.1) is 0 Å². The van der Waals surface area contributed by atoms with Crippen molar-refractivity contribution in [3.63, 3.8) is 0 Å². The molecule has 1 unspecified atom stereocenters. The third-order valence-electron chi connectivity index (χ3n) is 5.28. The fourth-order valence-electron chi connectivity index (χ4n) is 3.69. The number of nitrogens with zero attached hydrogens (tertiary/aromatic N) is 4. The number of aromatic nitrogens is 2. The molecule has 1 aromatic heterocycles. The summed E-state index contributed by atoms with van der Waals surface area (Å²) in [5, 5.41) is 0. The zero-order valence-electron chi connectivity index (χ0n) is 15.0. The van der Waals surface area contributed by atoms with E-state index in [1.54, 1.807) is 0 Å². The van der Waals surface area contributed by atoms with Gasteiger partial charge >= 0.3 is 0 Å². The summed E-state index contributed by atoms with van der Waals surface area (Å²) in [4.78, 5) is 13.8. The van der Waals surface area contributed by atoms with Crippen LogP contribution >= 0.6 is 0 Å². The average Bonchev–Trinajstić information content (AvgIpc) is 3.31. The number of hydrogen-bond donors (Lipinski definition) is 0. The van der Waals surface area contributed by atoms with Crippen molar-refractivity contribution in [3.8, 4) is 11.3 Å². The molecule has 1 aromatic carbocycles. The molecule has 2 aliphatic rings. The fourth-order valence-corrected chi connectivity index (χ4v) is 5.46. The molecule has 0 saturated carbocycles. The Labute approximate surface area is 154 Å². The van der Waals surface area contributed by atoms with Crippen LogP contribution in [0.4, 0.5) is 11.8 Å². The Balaban J connectivity index is 1.72. The van der Waals surface area contributed by atoms with Crippen LogP contribution in [-0.4, -0.2) is 56.1 Å². The van der Waals surface area contributed by atoms with Crippen LogP contribution < -0.4 is 9.80 Å². The van der Waals surface area contributed by atoms with Crippen LogP contribution in [0.2, 0.25) is 0 Å². The maximum Gasteiger partial charge on any atom is 0.227 e. The molecular weight excluding hydrogens is 348 g/mol. The molecule has 0 radical (unpaired) electrons. The minimum Gasteiger partial charge on any atom is -0.355 e. The lowest BCUT2D eigenvalue weighted by atomic mass is 10.1. The van der Waals surface area contributed by atoms with Crippen LogP contribution in [0.1, 0.15) is 19.3 Å². The molecule has 2 fully saturated rings. The van der Waals surface area contributed by atoms with Crippen molar-refractivity contribution in [3.05, 3.63) is 36.4 Å². The number of benzene rings is 1. The third-order valence-corrected chi connectivity index (χ3v) is 7.03. The molecule has 2 saturated heterocycles. The van der Waals surface area contributed by atoms with E-state index in [9.17, 15) is 8.42 Å². The monoisotopic (exact) mass is 372 g/mol. The molecule has 2 aliphatic heterocycles. The second-order valence-corrected chi connectivity index (χ2v) is 9.37. The third kappa shape index (κ3) is 3.53. The second kappa shape index (κ2) is 6.87. The Bertz CT molecular complexity index is 880. The molecule has 7 heteroatoms. The molecule has 0 N–H and O–H groups in total. The first-order valence-corrected chi connectivity index (χ1v) is 11.0. The lowest BCUT2D eigenvalue weighted by molar-refractivity contribution is 0.600. The van der Waals surface area contributed by atoms with Gasteiger partial charge in [-0.25, -0.2) is 13.4 Å². The Hall–Kier alpha value is -2.15. The summed E-state index contributed by atoms with van der Waals surface area (Å²) in [6, 6.07) is 12.0. The Morgan fingerprint density at radius 1 is 1.12 bits per heavy atom. The van der Waals surface area contributed by atoms with Crippen LogP contribution in [0.3, 0.4) is 0 Å². The van der Waals surface area contributed by atoms with E-state index in [-0.39, 0.29) is 17.5 Å². The molecule has 138 valence electrons. The minimum atomic E-state index is -2.93. The van der Waals surface area contributed by atoms with Crippen molar-refractivity contribution in [2.45, 2.75) is 25.3 Å². The van der Waals surface area contributed by atoms with E-state index in [1.807, 2.05) is 48.3 Å². The van der Waals surface area contributed by atoms with Gasteiger partial charge in [0.1, 0.15) is 5.82 Å². The van der Waals surface area contributed by atoms with Crippen LogP contribution in [-0.2, 0) is 9.84 Å². The number of anilines is 2. The van der Waals surface area contributed by atoms with E-state index in [2.05, 4.69) is 4.90 Å². The molecular formula is C19H24N4O2S. The van der Waals surface area contributed by atoms with Crippen LogP contribution in [0.15, 0.2) is 36.4 Å². The minimum absolute atomic E-state index is 0.0232. The van der Waals surface area contributed by atoms with Crippen molar-refractivity contribution in [1.29, 1.82) is 0 Å². The van der Waals surface area contributed by atoms with Crippen molar-refractivity contribution >= 4 is 21.6 Å². The van der Waals surface area contributed by atoms with E-state index >= 15 is 0 Å². The van der Waals surface area contributed by atoms with Gasteiger partial charge in [0, 0.05) is 37.8 Å². The van der Waals surface area contributed by atoms with Gasteiger partial charge in [-0.2, -0.15) is 4.98 Å². The summed E-state index contributed by atoms with van der Waals surface area (Å²) in [7, 11) is -0.991. The summed E-state index contributed by atoms with van der Waals surface area (Å²) in [6.07, 6.45) is 2.97. The van der Waals surface area contributed by atoms with Gasteiger partial charge < -0.3 is 9.80 Å². The molecule has 4 rings (SSSR count). The number of hydrogen-bond acceptors (Lipinski definition) is 6. The number of sulfone groups is 1. The van der Waals surface area contributed by atoms with Gasteiger partial charge in [-0.05, 0) is 19.3 Å². The molecule has 0 spiro atoms. The van der Waals surface area contributed by atoms with E-state index in [0.717, 1.165) is 49.0 Å². The fraction of sp³-hybridized carbons (Fsp3) is 0.474. The van der Waals surface area contributed by atoms with Gasteiger partial charge in [0.15, 0.2) is 9.84 Å². The standard InChI is InChI=1S/C19H24N4O2S/c1-22(16-9-12-26(24,25)14-16)18-13-17(15-7-3-2-4-8-15)20-19(21-18)23-10-5-6-11-23/h2-4,7-8,13,16H,5-6,9-12,14H2,1H3. The number of rotatable bonds is 4. The zero-order chi connectivity index (χ0) is 18.1. The maximum atomic E-state index is 11.9. The largest absolute Gasteiger partial charge is 0.355 e. The van der Waals surface area contributed by atoms with Crippen molar-refractivity contribution in [2.24, 2.45) is 0 Å². The summed E-state index contributed by atoms with van der Waals surface area (Å²) in [5.74, 6) is 2.00. The zero-order valence-corrected chi connectivity index (χ0v) is 15.8. The normalized spacial score (nSPS) is 21.9. The summed E-state index contributed by atoms with van der Waals surface area (Å²) in [5.41, 5.74) is 1.93. The molecule has 0 aliphatic carbocycles. The van der Waals surface area contributed by atoms with E-state index in [1.165, 1.54) is 0 Å². The summed E-state index contributed by atoms with van der Waals surface area (Å²) >= 11 is 0. The highest BCUT2D eigenvalue weighted by Crippen LogP contribution is 2.28. The molecule has 0 amide bonds. The predicted octanol–water partition coefficient (Wildman–Crippen LogP) is 2.37. The summed E-state index contributed by atoms with van der Waals surface area (Å²) < 4.78 is 23.7. The molecule has 6 nitrogen and oxygen atoms in total. The Kier molecular flexibility index (Phi) is 4.56. The lowest BCUT2D eigenvalue weighted by Gasteiger charge is -2.26. The highest BCUT2D eigenvalue weighted by atomic mass is 32.2. The van der Waals surface area contributed by atoms with Gasteiger partial charge in [-0.3, -0.25) is 0 Å². The molecule has 3 heterocycles. The SMILES string of the molecule is CN(c1cc(-c2ccccc2)nc(N2CCCC2)n1)C1CCS(=O)(=O)C1. The second-order valence-electron chi connectivity index (χ2n) is 7.14. The lowest BCUT2D eigenvalue weighted by Crippen LogP contribution is -2.34. The van der Waals surface area contributed by atoms with E-state index in [4.69, 9.17) is 9.97 Å². The maximum absolute atomic E-state index is 11.9. The molecule has 1 atom stereocenters. The van der Waals surface area contributed by atoms with E-state index in [0.29, 0.717) is 6.42 Å². The van der Waals surface area contributed by atoms with Gasteiger partial charge in [-0.15, -0.1) is 0 Å². The van der Waals surface area contributed by atoms with Crippen molar-refractivity contribution in [2.75, 3.05) is 41.4 Å². The first kappa shape index (κ1) is 17.3. The topological polar surface area (TPSA) is 66.4 Å².